The van der Waals surface area contributed by atoms with E-state index in [9.17, 15) is 4.79 Å². The van der Waals surface area contributed by atoms with Gasteiger partial charge in [0, 0.05) is 12.5 Å². The van der Waals surface area contributed by atoms with Crippen molar-refractivity contribution in [1.29, 1.82) is 0 Å². The van der Waals surface area contributed by atoms with E-state index in [2.05, 4.69) is 6.92 Å². The molecule has 92 valence electrons. The topological polar surface area (TPSA) is 35.5 Å². The summed E-state index contributed by atoms with van der Waals surface area (Å²) in [5.41, 5.74) is 0.679. The van der Waals surface area contributed by atoms with Crippen LogP contribution in [0.1, 0.15) is 43.0 Å². The van der Waals surface area contributed by atoms with Crippen molar-refractivity contribution in [2.24, 2.45) is 0 Å². The van der Waals surface area contributed by atoms with Gasteiger partial charge in [-0.1, -0.05) is 19.8 Å². The Morgan fingerprint density at radius 2 is 2.29 bits per heavy atom. The number of benzene rings is 1. The van der Waals surface area contributed by atoms with Crippen molar-refractivity contribution in [3.05, 3.63) is 23.8 Å². The second-order valence-electron chi connectivity index (χ2n) is 4.37. The third kappa shape index (κ3) is 2.60. The number of hydrogen-bond acceptors (Lipinski definition) is 3. The van der Waals surface area contributed by atoms with E-state index in [-0.39, 0.29) is 11.9 Å². The van der Waals surface area contributed by atoms with Crippen molar-refractivity contribution < 1.29 is 14.3 Å². The highest BCUT2D eigenvalue weighted by Crippen LogP contribution is 2.32. The van der Waals surface area contributed by atoms with Crippen molar-refractivity contribution in [3.8, 4) is 11.5 Å². The first-order chi connectivity index (χ1) is 8.24. The molecule has 0 saturated carbocycles. The molecule has 0 bridgehead atoms. The van der Waals surface area contributed by atoms with Crippen LogP contribution in [-0.2, 0) is 0 Å². The summed E-state index contributed by atoms with van der Waals surface area (Å²) in [5, 5.41) is 0. The van der Waals surface area contributed by atoms with Gasteiger partial charge in [-0.25, -0.2) is 0 Å². The smallest absolute Gasteiger partial charge is 0.170 e. The van der Waals surface area contributed by atoms with E-state index in [1.807, 2.05) is 0 Å². The Kier molecular flexibility index (Phi) is 3.67. The van der Waals surface area contributed by atoms with Gasteiger partial charge >= 0.3 is 0 Å². The molecule has 1 aromatic rings. The molecule has 0 N–H and O–H groups in total. The van der Waals surface area contributed by atoms with Crippen LogP contribution in [0.2, 0.25) is 0 Å². The van der Waals surface area contributed by atoms with E-state index in [0.29, 0.717) is 17.7 Å². The quantitative estimate of drug-likeness (QED) is 0.802. The van der Waals surface area contributed by atoms with Crippen LogP contribution in [-0.4, -0.2) is 19.0 Å². The molecule has 0 spiro atoms. The molecule has 0 fully saturated rings. The fraction of sp³-hybridized carbons (Fsp3) is 0.500. The molecule has 1 aromatic carbocycles. The zero-order valence-electron chi connectivity index (χ0n) is 10.4. The lowest BCUT2D eigenvalue weighted by molar-refractivity contribution is 0.0835. The highest BCUT2D eigenvalue weighted by Gasteiger charge is 2.26. The normalized spacial score (nSPS) is 18.5. The molecule has 1 atom stereocenters. The molecule has 0 aliphatic carbocycles. The van der Waals surface area contributed by atoms with Gasteiger partial charge in [-0.3, -0.25) is 4.79 Å². The number of unbranched alkanes of at least 4 members (excludes halogenated alkanes) is 1. The molecule has 2 rings (SSSR count). The van der Waals surface area contributed by atoms with E-state index in [1.165, 1.54) is 0 Å². The van der Waals surface area contributed by atoms with Gasteiger partial charge in [0.1, 0.15) is 17.6 Å². The summed E-state index contributed by atoms with van der Waals surface area (Å²) in [5.74, 6) is 1.57. The maximum Gasteiger partial charge on any atom is 0.170 e. The SMILES string of the molecule is CCCCC1CC(=O)c2ccc(OC)cc2O1. The summed E-state index contributed by atoms with van der Waals surface area (Å²) in [6.07, 6.45) is 3.69. The van der Waals surface area contributed by atoms with Gasteiger partial charge in [0.05, 0.1) is 12.7 Å². The van der Waals surface area contributed by atoms with E-state index in [0.717, 1.165) is 25.0 Å². The number of fused-ring (bicyclic) bond motifs is 1. The van der Waals surface area contributed by atoms with E-state index in [1.54, 1.807) is 25.3 Å². The first-order valence-electron chi connectivity index (χ1n) is 6.12. The lowest BCUT2D eigenvalue weighted by Crippen LogP contribution is -2.26. The summed E-state index contributed by atoms with van der Waals surface area (Å²) in [4.78, 5) is 11.9. The van der Waals surface area contributed by atoms with E-state index in [4.69, 9.17) is 9.47 Å². The van der Waals surface area contributed by atoms with Crippen molar-refractivity contribution in [1.82, 2.24) is 0 Å². The van der Waals surface area contributed by atoms with E-state index >= 15 is 0 Å². The van der Waals surface area contributed by atoms with Gasteiger partial charge in [-0.2, -0.15) is 0 Å². The van der Waals surface area contributed by atoms with Gasteiger partial charge in [0.15, 0.2) is 5.78 Å². The first-order valence-corrected chi connectivity index (χ1v) is 6.12. The molecule has 3 heteroatoms. The fourth-order valence-electron chi connectivity index (χ4n) is 2.09. The third-order valence-corrected chi connectivity index (χ3v) is 3.08. The van der Waals surface area contributed by atoms with Crippen LogP contribution >= 0.6 is 0 Å². The van der Waals surface area contributed by atoms with Gasteiger partial charge < -0.3 is 9.47 Å². The molecule has 1 heterocycles. The average molecular weight is 234 g/mol. The van der Waals surface area contributed by atoms with Crippen molar-refractivity contribution in [3.63, 3.8) is 0 Å². The predicted molar refractivity (Wildman–Crippen MR) is 65.9 cm³/mol. The standard InChI is InChI=1S/C14H18O3/c1-3-4-5-11-8-13(15)12-7-6-10(16-2)9-14(12)17-11/h6-7,9,11H,3-5,8H2,1-2H3. The highest BCUT2D eigenvalue weighted by molar-refractivity contribution is 6.00. The molecule has 1 unspecified atom stereocenters. The van der Waals surface area contributed by atoms with Gasteiger partial charge in [0.25, 0.3) is 0 Å². The molecule has 0 radical (unpaired) electrons. The Morgan fingerprint density at radius 3 is 3.00 bits per heavy atom. The molecule has 17 heavy (non-hydrogen) atoms. The minimum Gasteiger partial charge on any atom is -0.497 e. The maximum atomic E-state index is 11.9. The summed E-state index contributed by atoms with van der Waals surface area (Å²) in [7, 11) is 1.61. The Bertz CT molecular complexity index is 412. The minimum absolute atomic E-state index is 0.0297. The summed E-state index contributed by atoms with van der Waals surface area (Å²) in [6, 6.07) is 5.38. The number of hydrogen-bond donors (Lipinski definition) is 0. The van der Waals surface area contributed by atoms with Crippen LogP contribution in [0.3, 0.4) is 0 Å². The Hall–Kier alpha value is -1.51. The molecule has 0 saturated heterocycles. The third-order valence-electron chi connectivity index (χ3n) is 3.08. The number of carbonyl (C=O) groups is 1. The van der Waals surface area contributed by atoms with Gasteiger partial charge in [-0.15, -0.1) is 0 Å². The lowest BCUT2D eigenvalue weighted by Gasteiger charge is -2.25. The van der Waals surface area contributed by atoms with Crippen molar-refractivity contribution in [2.75, 3.05) is 7.11 Å². The van der Waals surface area contributed by atoms with Gasteiger partial charge in [0.2, 0.25) is 0 Å². The van der Waals surface area contributed by atoms with Crippen molar-refractivity contribution >= 4 is 5.78 Å². The summed E-state index contributed by atoms with van der Waals surface area (Å²) >= 11 is 0. The number of methoxy groups -OCH3 is 1. The number of ketones is 1. The molecule has 0 aromatic heterocycles. The van der Waals surface area contributed by atoms with Crippen LogP contribution in [0.15, 0.2) is 18.2 Å². The molecular formula is C14H18O3. The van der Waals surface area contributed by atoms with Crippen LogP contribution in [0.4, 0.5) is 0 Å². The van der Waals surface area contributed by atoms with Crippen molar-refractivity contribution in [2.45, 2.75) is 38.7 Å². The highest BCUT2D eigenvalue weighted by atomic mass is 16.5. The lowest BCUT2D eigenvalue weighted by atomic mass is 9.98. The molecular weight excluding hydrogens is 216 g/mol. The van der Waals surface area contributed by atoms with Crippen LogP contribution in [0, 0.1) is 0 Å². The Balaban J connectivity index is 2.18. The number of Topliss-reactive ketones (excluding diaryl/α,β-unsaturated/α-hetero) is 1. The Labute approximate surface area is 102 Å². The molecule has 3 nitrogen and oxygen atoms in total. The molecule has 0 amide bonds. The maximum absolute atomic E-state index is 11.9. The Morgan fingerprint density at radius 1 is 1.47 bits per heavy atom. The van der Waals surface area contributed by atoms with E-state index < -0.39 is 0 Å². The second-order valence-corrected chi connectivity index (χ2v) is 4.37. The largest absolute Gasteiger partial charge is 0.497 e. The summed E-state index contributed by atoms with van der Waals surface area (Å²) < 4.78 is 11.0. The van der Waals surface area contributed by atoms with Crippen LogP contribution < -0.4 is 9.47 Å². The summed E-state index contributed by atoms with van der Waals surface area (Å²) in [6.45, 7) is 2.14. The zero-order chi connectivity index (χ0) is 12.3. The average Bonchev–Trinajstić information content (AvgIpc) is 2.35. The number of ether oxygens (including phenoxy) is 2. The number of carbonyl (C=O) groups excluding carboxylic acids is 1. The first kappa shape index (κ1) is 12.0. The zero-order valence-corrected chi connectivity index (χ0v) is 10.4. The fourth-order valence-corrected chi connectivity index (χ4v) is 2.09. The monoisotopic (exact) mass is 234 g/mol. The van der Waals surface area contributed by atoms with Crippen LogP contribution in [0.5, 0.6) is 11.5 Å². The number of rotatable bonds is 4. The van der Waals surface area contributed by atoms with Gasteiger partial charge in [-0.05, 0) is 18.6 Å². The second kappa shape index (κ2) is 5.21. The minimum atomic E-state index is 0.0297. The molecule has 1 aliphatic rings. The molecule has 1 aliphatic heterocycles. The van der Waals surface area contributed by atoms with Crippen LogP contribution in [0.25, 0.3) is 0 Å². The predicted octanol–water partition coefficient (Wildman–Crippen LogP) is 3.22.